The van der Waals surface area contributed by atoms with Crippen molar-refractivity contribution >= 4 is 29.1 Å². The Kier molecular flexibility index (Phi) is 4.51. The average molecular weight is 270 g/mol. The predicted octanol–water partition coefficient (Wildman–Crippen LogP) is 4.51. The molecule has 1 saturated carbocycles. The van der Waals surface area contributed by atoms with E-state index in [1.807, 2.05) is 23.2 Å². The molecule has 1 heterocycles. The van der Waals surface area contributed by atoms with Crippen molar-refractivity contribution < 1.29 is 9.90 Å². The SMILES string of the molecule is CCC1CCCC(Sc2csc(C(=O)O)c2)C1. The van der Waals surface area contributed by atoms with Gasteiger partial charge in [0.25, 0.3) is 0 Å². The maximum absolute atomic E-state index is 10.8. The fourth-order valence-electron chi connectivity index (χ4n) is 2.40. The van der Waals surface area contributed by atoms with Crippen molar-refractivity contribution in [3.63, 3.8) is 0 Å². The molecule has 17 heavy (non-hydrogen) atoms. The summed E-state index contributed by atoms with van der Waals surface area (Å²) in [5.74, 6) is 0.0655. The monoisotopic (exact) mass is 270 g/mol. The molecule has 2 nitrogen and oxygen atoms in total. The van der Waals surface area contributed by atoms with Gasteiger partial charge in [-0.05, 0) is 24.8 Å². The molecule has 0 aliphatic heterocycles. The van der Waals surface area contributed by atoms with Gasteiger partial charge in [-0.15, -0.1) is 23.1 Å². The van der Waals surface area contributed by atoms with Crippen LogP contribution in [0.3, 0.4) is 0 Å². The number of hydrogen-bond donors (Lipinski definition) is 1. The van der Waals surface area contributed by atoms with Crippen LogP contribution in [0.2, 0.25) is 0 Å². The third kappa shape index (κ3) is 3.49. The van der Waals surface area contributed by atoms with Gasteiger partial charge in [0.1, 0.15) is 4.88 Å². The zero-order valence-electron chi connectivity index (χ0n) is 10.0. The molecule has 1 fully saturated rings. The van der Waals surface area contributed by atoms with Crippen molar-refractivity contribution in [2.24, 2.45) is 5.92 Å². The second kappa shape index (κ2) is 5.91. The Morgan fingerprint density at radius 1 is 1.59 bits per heavy atom. The van der Waals surface area contributed by atoms with Crippen LogP contribution in [0, 0.1) is 5.92 Å². The van der Waals surface area contributed by atoms with E-state index in [1.165, 1.54) is 43.4 Å². The Labute approximate surface area is 110 Å². The maximum Gasteiger partial charge on any atom is 0.345 e. The van der Waals surface area contributed by atoms with Crippen molar-refractivity contribution in [1.82, 2.24) is 0 Å². The largest absolute Gasteiger partial charge is 0.477 e. The van der Waals surface area contributed by atoms with E-state index < -0.39 is 5.97 Å². The third-order valence-electron chi connectivity index (χ3n) is 3.40. The third-order valence-corrected chi connectivity index (χ3v) is 5.74. The Morgan fingerprint density at radius 2 is 2.41 bits per heavy atom. The first kappa shape index (κ1) is 13.0. The van der Waals surface area contributed by atoms with Gasteiger partial charge < -0.3 is 5.11 Å². The van der Waals surface area contributed by atoms with Gasteiger partial charge in [-0.2, -0.15) is 0 Å². The molecular weight excluding hydrogens is 252 g/mol. The Morgan fingerprint density at radius 3 is 3.06 bits per heavy atom. The molecule has 1 aliphatic carbocycles. The molecule has 1 aromatic heterocycles. The van der Waals surface area contributed by atoms with Crippen LogP contribution in [0.4, 0.5) is 0 Å². The molecule has 0 saturated heterocycles. The predicted molar refractivity (Wildman–Crippen MR) is 73.2 cm³/mol. The van der Waals surface area contributed by atoms with Crippen LogP contribution < -0.4 is 0 Å². The summed E-state index contributed by atoms with van der Waals surface area (Å²) >= 11 is 3.20. The normalized spacial score (nSPS) is 24.8. The van der Waals surface area contributed by atoms with Crippen molar-refractivity contribution in [3.8, 4) is 0 Å². The highest BCUT2D eigenvalue weighted by molar-refractivity contribution is 8.00. The molecule has 1 N–H and O–H groups in total. The minimum absolute atomic E-state index is 0.454. The highest BCUT2D eigenvalue weighted by Crippen LogP contribution is 2.38. The zero-order chi connectivity index (χ0) is 12.3. The standard InChI is InChI=1S/C13H18O2S2/c1-2-9-4-3-5-10(6-9)17-11-7-12(13(14)15)16-8-11/h7-10H,2-6H2,1H3,(H,14,15). The highest BCUT2D eigenvalue weighted by atomic mass is 32.2. The van der Waals surface area contributed by atoms with E-state index in [2.05, 4.69) is 6.92 Å². The van der Waals surface area contributed by atoms with Gasteiger partial charge >= 0.3 is 5.97 Å². The maximum atomic E-state index is 10.8. The minimum Gasteiger partial charge on any atom is -0.477 e. The van der Waals surface area contributed by atoms with Gasteiger partial charge in [-0.3, -0.25) is 0 Å². The van der Waals surface area contributed by atoms with Gasteiger partial charge in [0.15, 0.2) is 0 Å². The molecule has 94 valence electrons. The summed E-state index contributed by atoms with van der Waals surface area (Å²) in [6.45, 7) is 2.27. The molecule has 0 spiro atoms. The van der Waals surface area contributed by atoms with Crippen LogP contribution in [0.15, 0.2) is 16.3 Å². The number of carbonyl (C=O) groups is 1. The topological polar surface area (TPSA) is 37.3 Å². The van der Waals surface area contributed by atoms with Crippen LogP contribution >= 0.6 is 23.1 Å². The van der Waals surface area contributed by atoms with Crippen molar-refractivity contribution in [2.75, 3.05) is 0 Å². The molecule has 1 aromatic rings. The summed E-state index contributed by atoms with van der Waals surface area (Å²) in [5, 5.41) is 11.5. The second-order valence-corrected chi connectivity index (χ2v) is 6.92. The molecule has 4 heteroatoms. The van der Waals surface area contributed by atoms with E-state index in [-0.39, 0.29) is 0 Å². The van der Waals surface area contributed by atoms with E-state index in [0.29, 0.717) is 10.1 Å². The van der Waals surface area contributed by atoms with E-state index in [0.717, 1.165) is 10.8 Å². The molecule has 2 unspecified atom stereocenters. The Bertz CT molecular complexity index is 387. The summed E-state index contributed by atoms with van der Waals surface area (Å²) in [6.07, 6.45) is 6.55. The summed E-state index contributed by atoms with van der Waals surface area (Å²) < 4.78 is 0. The lowest BCUT2D eigenvalue weighted by Crippen LogP contribution is -2.16. The average Bonchev–Trinajstić information content (AvgIpc) is 2.78. The zero-order valence-corrected chi connectivity index (χ0v) is 11.6. The van der Waals surface area contributed by atoms with Crippen LogP contribution in [0.5, 0.6) is 0 Å². The number of thioether (sulfide) groups is 1. The van der Waals surface area contributed by atoms with Crippen LogP contribution in [-0.2, 0) is 0 Å². The molecule has 2 rings (SSSR count). The quantitative estimate of drug-likeness (QED) is 0.874. The molecule has 1 aliphatic rings. The lowest BCUT2D eigenvalue weighted by Gasteiger charge is -2.27. The molecule has 0 amide bonds. The number of carboxylic acid groups (broad SMARTS) is 1. The fraction of sp³-hybridized carbons (Fsp3) is 0.615. The van der Waals surface area contributed by atoms with E-state index in [4.69, 9.17) is 5.11 Å². The molecule has 0 bridgehead atoms. The van der Waals surface area contributed by atoms with Gasteiger partial charge in [0.05, 0.1) is 0 Å². The van der Waals surface area contributed by atoms with Gasteiger partial charge in [-0.25, -0.2) is 4.79 Å². The first-order valence-electron chi connectivity index (χ1n) is 6.17. The first-order chi connectivity index (χ1) is 8.19. The Balaban J connectivity index is 1.93. The summed E-state index contributed by atoms with van der Waals surface area (Å²) in [4.78, 5) is 12.4. The Hall–Kier alpha value is -0.480. The molecule has 0 radical (unpaired) electrons. The summed E-state index contributed by atoms with van der Waals surface area (Å²) in [5.41, 5.74) is 0. The van der Waals surface area contributed by atoms with Crippen LogP contribution in [0.25, 0.3) is 0 Å². The van der Waals surface area contributed by atoms with E-state index >= 15 is 0 Å². The number of aromatic carboxylic acids is 1. The molecular formula is C13H18O2S2. The lowest BCUT2D eigenvalue weighted by atomic mass is 9.87. The lowest BCUT2D eigenvalue weighted by molar-refractivity contribution is 0.0702. The summed E-state index contributed by atoms with van der Waals surface area (Å²) in [6, 6.07) is 1.81. The molecule has 2 atom stereocenters. The number of hydrogen-bond acceptors (Lipinski definition) is 3. The number of thiophene rings is 1. The van der Waals surface area contributed by atoms with Crippen LogP contribution in [-0.4, -0.2) is 16.3 Å². The molecule has 0 aromatic carbocycles. The fourth-order valence-corrected chi connectivity index (χ4v) is 4.68. The first-order valence-corrected chi connectivity index (χ1v) is 7.93. The smallest absolute Gasteiger partial charge is 0.345 e. The number of rotatable bonds is 4. The van der Waals surface area contributed by atoms with Crippen molar-refractivity contribution in [2.45, 2.75) is 49.2 Å². The van der Waals surface area contributed by atoms with Gasteiger partial charge in [0, 0.05) is 15.5 Å². The second-order valence-electron chi connectivity index (χ2n) is 4.63. The summed E-state index contributed by atoms with van der Waals surface area (Å²) in [7, 11) is 0. The highest BCUT2D eigenvalue weighted by Gasteiger charge is 2.22. The van der Waals surface area contributed by atoms with Crippen molar-refractivity contribution in [3.05, 3.63) is 16.3 Å². The van der Waals surface area contributed by atoms with E-state index in [9.17, 15) is 4.79 Å². The van der Waals surface area contributed by atoms with Gasteiger partial charge in [0.2, 0.25) is 0 Å². The van der Waals surface area contributed by atoms with Crippen LogP contribution in [0.1, 0.15) is 48.7 Å². The van der Waals surface area contributed by atoms with E-state index in [1.54, 1.807) is 0 Å². The number of carboxylic acids is 1. The van der Waals surface area contributed by atoms with Gasteiger partial charge in [-0.1, -0.05) is 26.2 Å². The van der Waals surface area contributed by atoms with Crippen molar-refractivity contribution in [1.29, 1.82) is 0 Å². The minimum atomic E-state index is -0.808.